The van der Waals surface area contributed by atoms with Crippen LogP contribution in [0.4, 0.5) is 0 Å². The lowest BCUT2D eigenvalue weighted by Gasteiger charge is -2.14. The van der Waals surface area contributed by atoms with E-state index in [0.29, 0.717) is 29.4 Å². The molecule has 0 saturated carbocycles. The van der Waals surface area contributed by atoms with Gasteiger partial charge in [-0.1, -0.05) is 6.07 Å². The Labute approximate surface area is 163 Å². The summed E-state index contributed by atoms with van der Waals surface area (Å²) in [7, 11) is 6.38. The molecule has 0 aliphatic heterocycles. The molecule has 8 heteroatoms. The number of hydrogen-bond donors (Lipinski definition) is 1. The van der Waals surface area contributed by atoms with Crippen LogP contribution in [0, 0.1) is 0 Å². The highest BCUT2D eigenvalue weighted by atomic mass is 16.5. The van der Waals surface area contributed by atoms with Crippen molar-refractivity contribution in [2.24, 2.45) is 7.05 Å². The second-order valence-corrected chi connectivity index (χ2v) is 6.01. The highest BCUT2D eigenvalue weighted by Crippen LogP contribution is 2.38. The SMILES string of the molecule is COc1cc(C(=O)NCc2cccnc2-c2cnn(C)c2)cc(OC)c1OC. The van der Waals surface area contributed by atoms with Crippen molar-refractivity contribution in [3.8, 4) is 28.5 Å². The molecular weight excluding hydrogens is 360 g/mol. The number of aromatic nitrogens is 3. The maximum Gasteiger partial charge on any atom is 0.251 e. The number of nitrogens with one attached hydrogen (secondary N) is 1. The molecule has 0 atom stereocenters. The Morgan fingerprint density at radius 3 is 2.43 bits per heavy atom. The lowest BCUT2D eigenvalue weighted by atomic mass is 10.1. The average molecular weight is 382 g/mol. The molecule has 0 unspecified atom stereocenters. The molecule has 0 aliphatic rings. The van der Waals surface area contributed by atoms with E-state index in [-0.39, 0.29) is 5.91 Å². The van der Waals surface area contributed by atoms with Crippen molar-refractivity contribution in [3.63, 3.8) is 0 Å². The van der Waals surface area contributed by atoms with Gasteiger partial charge in [-0.05, 0) is 23.8 Å². The van der Waals surface area contributed by atoms with Crippen LogP contribution >= 0.6 is 0 Å². The fraction of sp³-hybridized carbons (Fsp3) is 0.250. The Hall–Kier alpha value is -3.55. The number of carbonyl (C=O) groups excluding carboxylic acids is 1. The zero-order valence-electron chi connectivity index (χ0n) is 16.2. The first-order chi connectivity index (χ1) is 13.6. The number of carbonyl (C=O) groups is 1. The molecular formula is C20H22N4O4. The zero-order chi connectivity index (χ0) is 20.1. The van der Waals surface area contributed by atoms with Crippen molar-refractivity contribution in [3.05, 3.63) is 54.0 Å². The minimum Gasteiger partial charge on any atom is -0.493 e. The van der Waals surface area contributed by atoms with Crippen molar-refractivity contribution in [1.82, 2.24) is 20.1 Å². The van der Waals surface area contributed by atoms with E-state index in [1.165, 1.54) is 21.3 Å². The fourth-order valence-electron chi connectivity index (χ4n) is 2.87. The molecule has 28 heavy (non-hydrogen) atoms. The molecule has 3 aromatic rings. The van der Waals surface area contributed by atoms with Crippen molar-refractivity contribution in [2.75, 3.05) is 21.3 Å². The molecule has 8 nitrogen and oxygen atoms in total. The molecule has 146 valence electrons. The number of amides is 1. The third-order valence-electron chi connectivity index (χ3n) is 4.24. The molecule has 1 N–H and O–H groups in total. The van der Waals surface area contributed by atoms with Crippen molar-refractivity contribution >= 4 is 5.91 Å². The van der Waals surface area contributed by atoms with Gasteiger partial charge in [-0.2, -0.15) is 5.10 Å². The smallest absolute Gasteiger partial charge is 0.251 e. The summed E-state index contributed by atoms with van der Waals surface area (Å²) in [4.78, 5) is 17.1. The second-order valence-electron chi connectivity index (χ2n) is 6.01. The summed E-state index contributed by atoms with van der Waals surface area (Å²) in [6, 6.07) is 6.98. The Bertz CT molecular complexity index is 959. The van der Waals surface area contributed by atoms with E-state index in [1.807, 2.05) is 25.4 Å². The van der Waals surface area contributed by atoms with Crippen LogP contribution in [0.15, 0.2) is 42.9 Å². The van der Waals surface area contributed by atoms with Crippen LogP contribution in [-0.4, -0.2) is 42.0 Å². The summed E-state index contributed by atoms with van der Waals surface area (Å²) in [5.74, 6) is 1.02. The molecule has 3 rings (SSSR count). The normalized spacial score (nSPS) is 10.4. The lowest BCUT2D eigenvalue weighted by molar-refractivity contribution is 0.0950. The highest BCUT2D eigenvalue weighted by Gasteiger charge is 2.17. The number of nitrogens with zero attached hydrogens (tertiary/aromatic N) is 3. The summed E-state index contributed by atoms with van der Waals surface area (Å²) in [5.41, 5.74) is 2.96. The summed E-state index contributed by atoms with van der Waals surface area (Å²) >= 11 is 0. The minimum absolute atomic E-state index is 0.264. The average Bonchev–Trinajstić information content (AvgIpc) is 3.17. The standard InChI is InChI=1S/C20H22N4O4/c1-24-12-15(11-23-24)18-13(6-5-7-21-18)10-22-20(25)14-8-16(26-2)19(28-4)17(9-14)27-3/h5-9,11-12H,10H2,1-4H3,(H,22,25). The molecule has 2 heterocycles. The van der Waals surface area contributed by atoms with Crippen molar-refractivity contribution in [2.45, 2.75) is 6.54 Å². The predicted octanol–water partition coefficient (Wildman–Crippen LogP) is 2.44. The molecule has 0 saturated heterocycles. The van der Waals surface area contributed by atoms with Gasteiger partial charge in [-0.3, -0.25) is 14.5 Å². The van der Waals surface area contributed by atoms with Crippen molar-refractivity contribution < 1.29 is 19.0 Å². The van der Waals surface area contributed by atoms with Gasteiger partial charge in [0.2, 0.25) is 5.75 Å². The van der Waals surface area contributed by atoms with E-state index in [9.17, 15) is 4.79 Å². The third-order valence-corrected chi connectivity index (χ3v) is 4.24. The number of hydrogen-bond acceptors (Lipinski definition) is 6. The zero-order valence-corrected chi connectivity index (χ0v) is 16.2. The number of benzene rings is 1. The Balaban J connectivity index is 1.82. The molecule has 1 aromatic carbocycles. The number of methoxy groups -OCH3 is 3. The molecule has 0 fully saturated rings. The predicted molar refractivity (Wildman–Crippen MR) is 104 cm³/mol. The molecule has 1 amide bonds. The largest absolute Gasteiger partial charge is 0.493 e. The quantitative estimate of drug-likeness (QED) is 0.675. The topological polar surface area (TPSA) is 87.5 Å². The number of rotatable bonds is 7. The van der Waals surface area contributed by atoms with Crippen LogP contribution in [0.25, 0.3) is 11.3 Å². The summed E-state index contributed by atoms with van der Waals surface area (Å²) in [5, 5.41) is 7.10. The fourth-order valence-corrected chi connectivity index (χ4v) is 2.87. The molecule has 2 aromatic heterocycles. The molecule has 0 bridgehead atoms. The van der Waals surface area contributed by atoms with E-state index in [1.54, 1.807) is 29.2 Å². The van der Waals surface area contributed by atoms with Gasteiger partial charge in [-0.25, -0.2) is 0 Å². The maximum atomic E-state index is 12.7. The van der Waals surface area contributed by atoms with Gasteiger partial charge in [0, 0.05) is 37.1 Å². The van der Waals surface area contributed by atoms with Gasteiger partial charge in [0.25, 0.3) is 5.91 Å². The van der Waals surface area contributed by atoms with E-state index in [2.05, 4.69) is 15.4 Å². The Morgan fingerprint density at radius 1 is 1.14 bits per heavy atom. The molecule has 0 aliphatic carbocycles. The van der Waals surface area contributed by atoms with Crippen LogP contribution in [0.3, 0.4) is 0 Å². The van der Waals surface area contributed by atoms with Crippen molar-refractivity contribution in [1.29, 1.82) is 0 Å². The monoisotopic (exact) mass is 382 g/mol. The minimum atomic E-state index is -0.264. The lowest BCUT2D eigenvalue weighted by Crippen LogP contribution is -2.23. The van der Waals surface area contributed by atoms with Gasteiger partial charge < -0.3 is 19.5 Å². The van der Waals surface area contributed by atoms with Gasteiger partial charge in [-0.15, -0.1) is 0 Å². The summed E-state index contributed by atoms with van der Waals surface area (Å²) in [6.07, 6.45) is 5.34. The van der Waals surface area contributed by atoms with E-state index in [4.69, 9.17) is 14.2 Å². The highest BCUT2D eigenvalue weighted by molar-refractivity contribution is 5.95. The number of ether oxygens (including phenoxy) is 3. The van der Waals surface area contributed by atoms with Gasteiger partial charge in [0.05, 0.1) is 33.2 Å². The molecule has 0 spiro atoms. The van der Waals surface area contributed by atoms with E-state index < -0.39 is 0 Å². The van der Waals surface area contributed by atoms with Gasteiger partial charge in [0.1, 0.15) is 0 Å². The summed E-state index contributed by atoms with van der Waals surface area (Å²) in [6.45, 7) is 0.313. The Kier molecular flexibility index (Phi) is 5.78. The summed E-state index contributed by atoms with van der Waals surface area (Å²) < 4.78 is 17.6. The Morgan fingerprint density at radius 2 is 1.86 bits per heavy atom. The van der Waals surface area contributed by atoms with Gasteiger partial charge >= 0.3 is 0 Å². The van der Waals surface area contributed by atoms with Crippen LogP contribution in [0.2, 0.25) is 0 Å². The van der Waals surface area contributed by atoms with E-state index in [0.717, 1.165) is 16.8 Å². The van der Waals surface area contributed by atoms with E-state index >= 15 is 0 Å². The second kappa shape index (κ2) is 8.43. The first kappa shape index (κ1) is 19.2. The van der Waals surface area contributed by atoms with Crippen LogP contribution in [-0.2, 0) is 13.6 Å². The number of aryl methyl sites for hydroxylation is 1. The first-order valence-corrected chi connectivity index (χ1v) is 8.58. The van der Waals surface area contributed by atoms with Crippen LogP contribution in [0.1, 0.15) is 15.9 Å². The van der Waals surface area contributed by atoms with Crippen LogP contribution < -0.4 is 19.5 Å². The van der Waals surface area contributed by atoms with Crippen LogP contribution in [0.5, 0.6) is 17.2 Å². The van der Waals surface area contributed by atoms with Gasteiger partial charge in [0.15, 0.2) is 11.5 Å². The third kappa shape index (κ3) is 3.90. The molecule has 0 radical (unpaired) electrons. The number of pyridine rings is 1. The maximum absolute atomic E-state index is 12.7. The first-order valence-electron chi connectivity index (χ1n) is 8.58.